The second-order valence-electron chi connectivity index (χ2n) is 8.56. The molecule has 2 aromatic heterocycles. The third kappa shape index (κ3) is 4.15. The van der Waals surface area contributed by atoms with Crippen LogP contribution in [0.5, 0.6) is 0 Å². The Hall–Kier alpha value is -4.42. The molecule has 0 bridgehead atoms. The van der Waals surface area contributed by atoms with Crippen molar-refractivity contribution >= 4 is 23.4 Å². The van der Waals surface area contributed by atoms with Gasteiger partial charge >= 0.3 is 11.9 Å². The first kappa shape index (κ1) is 24.3. The molecule has 3 heterocycles. The number of fused-ring (bicyclic) bond motifs is 1. The number of esters is 2. The Morgan fingerprint density at radius 2 is 1.70 bits per heavy atom. The molecule has 12 heteroatoms. The maximum absolute atomic E-state index is 16.6. The summed E-state index contributed by atoms with van der Waals surface area (Å²) in [6.07, 6.45) is -0.858. The number of halogens is 1. The molecule has 4 aromatic rings. The van der Waals surface area contributed by atoms with E-state index in [2.05, 4.69) is 15.1 Å². The number of benzene rings is 2. The summed E-state index contributed by atoms with van der Waals surface area (Å²) in [6, 6.07) is 16.1. The number of hydrogen-bond donors (Lipinski definition) is 2. The lowest BCUT2D eigenvalue weighted by molar-refractivity contribution is -0.256. The number of ether oxygens (including phenoxy) is 3. The smallest absolute Gasteiger partial charge is 0.338 e. The van der Waals surface area contributed by atoms with Crippen LogP contribution < -0.4 is 5.73 Å². The summed E-state index contributed by atoms with van der Waals surface area (Å²) in [4.78, 5) is 33.3. The first-order chi connectivity index (χ1) is 17.7. The van der Waals surface area contributed by atoms with Crippen molar-refractivity contribution in [3.63, 3.8) is 0 Å². The Labute approximate surface area is 209 Å². The van der Waals surface area contributed by atoms with Crippen molar-refractivity contribution in [3.05, 3.63) is 90.0 Å². The van der Waals surface area contributed by atoms with Crippen LogP contribution >= 0.6 is 0 Å². The van der Waals surface area contributed by atoms with Crippen molar-refractivity contribution in [1.82, 2.24) is 19.6 Å². The van der Waals surface area contributed by atoms with Crippen molar-refractivity contribution in [3.8, 4) is 0 Å². The molecule has 0 radical (unpaired) electrons. The van der Waals surface area contributed by atoms with Crippen LogP contribution in [0.25, 0.3) is 5.65 Å². The Kier molecular flexibility index (Phi) is 6.05. The van der Waals surface area contributed by atoms with Crippen LogP contribution in [0.2, 0.25) is 0 Å². The van der Waals surface area contributed by atoms with Gasteiger partial charge in [0.05, 0.1) is 17.3 Å². The summed E-state index contributed by atoms with van der Waals surface area (Å²) < 4.78 is 34.3. The average molecular weight is 507 g/mol. The molecule has 1 fully saturated rings. The van der Waals surface area contributed by atoms with E-state index in [-0.39, 0.29) is 28.3 Å². The number of aromatic nitrogens is 4. The van der Waals surface area contributed by atoms with Crippen LogP contribution in [0.15, 0.2) is 73.2 Å². The van der Waals surface area contributed by atoms with Gasteiger partial charge in [-0.25, -0.2) is 28.5 Å². The lowest BCUT2D eigenvalue weighted by atomic mass is 9.89. The van der Waals surface area contributed by atoms with Gasteiger partial charge in [0.1, 0.15) is 24.7 Å². The van der Waals surface area contributed by atoms with Gasteiger partial charge < -0.3 is 25.1 Å². The SMILES string of the molecule is C[C@@]1(F)[C@H](OC(=O)c2ccccc2)[C@@H](COC(=O)c2ccccc2)OC1(O)c1cnc2c(N)ncnn12. The number of nitrogens with two attached hydrogens (primary N) is 1. The van der Waals surface area contributed by atoms with Crippen molar-refractivity contribution in [2.75, 3.05) is 12.3 Å². The number of alkyl halides is 1. The van der Waals surface area contributed by atoms with Crippen LogP contribution in [0, 0.1) is 0 Å². The van der Waals surface area contributed by atoms with E-state index in [1.165, 1.54) is 12.1 Å². The van der Waals surface area contributed by atoms with Crippen LogP contribution in [-0.4, -0.2) is 61.1 Å². The molecule has 1 aliphatic heterocycles. The van der Waals surface area contributed by atoms with Crippen molar-refractivity contribution < 1.29 is 33.3 Å². The standard InChI is InChI=1S/C25H22FN5O6/c1-24(26)19(36-23(33)16-10-6-3-7-11-16)17(13-35-22(32)15-8-4-2-5-9-15)37-25(24,34)18-12-28-21-20(27)29-14-30-31(18)21/h2-12,14,17,19,34H,13H2,1H3,(H2,27,29,30)/t17-,19-,24-,25?/m1/s1. The minimum absolute atomic E-state index is 0.0104. The number of anilines is 1. The van der Waals surface area contributed by atoms with Crippen LogP contribution in [-0.2, 0) is 20.0 Å². The largest absolute Gasteiger partial charge is 0.459 e. The Morgan fingerprint density at radius 3 is 2.35 bits per heavy atom. The third-order valence-electron chi connectivity index (χ3n) is 6.17. The van der Waals surface area contributed by atoms with Gasteiger partial charge in [-0.3, -0.25) is 0 Å². The highest BCUT2D eigenvalue weighted by Gasteiger charge is 2.68. The van der Waals surface area contributed by atoms with E-state index in [9.17, 15) is 14.7 Å². The maximum atomic E-state index is 16.6. The number of carbonyl (C=O) groups excluding carboxylic acids is 2. The molecule has 1 unspecified atom stereocenters. The molecule has 11 nitrogen and oxygen atoms in total. The van der Waals surface area contributed by atoms with E-state index in [4.69, 9.17) is 19.9 Å². The van der Waals surface area contributed by atoms with Crippen LogP contribution in [0.3, 0.4) is 0 Å². The van der Waals surface area contributed by atoms with Gasteiger partial charge in [0, 0.05) is 0 Å². The Balaban J connectivity index is 1.50. The minimum atomic E-state index is -2.75. The highest BCUT2D eigenvalue weighted by Crippen LogP contribution is 2.49. The molecule has 0 aliphatic carbocycles. The molecular formula is C25H22FN5O6. The van der Waals surface area contributed by atoms with Crippen molar-refractivity contribution in [2.24, 2.45) is 0 Å². The van der Waals surface area contributed by atoms with E-state index in [0.717, 1.165) is 24.0 Å². The molecule has 1 saturated heterocycles. The topological polar surface area (TPSA) is 151 Å². The van der Waals surface area contributed by atoms with E-state index in [1.54, 1.807) is 48.5 Å². The van der Waals surface area contributed by atoms with Crippen LogP contribution in [0.4, 0.5) is 10.2 Å². The lowest BCUT2D eigenvalue weighted by Crippen LogP contribution is -2.51. The summed E-state index contributed by atoms with van der Waals surface area (Å²) in [6.45, 7) is 0.481. The Morgan fingerprint density at radius 1 is 1.08 bits per heavy atom. The Bertz CT molecular complexity index is 1450. The second kappa shape index (κ2) is 9.22. The number of hydrogen-bond acceptors (Lipinski definition) is 10. The maximum Gasteiger partial charge on any atom is 0.338 e. The predicted octanol–water partition coefficient (Wildman–Crippen LogP) is 2.06. The van der Waals surface area contributed by atoms with Crippen LogP contribution in [0.1, 0.15) is 33.3 Å². The normalized spacial score (nSPS) is 25.2. The fraction of sp³-hybridized carbons (Fsp3) is 0.240. The van der Waals surface area contributed by atoms with Gasteiger partial charge in [0.2, 0.25) is 5.67 Å². The molecule has 5 rings (SSSR count). The number of nitrogen functional groups attached to an aromatic ring is 1. The van der Waals surface area contributed by atoms with E-state index in [0.29, 0.717) is 0 Å². The zero-order valence-electron chi connectivity index (χ0n) is 19.5. The summed E-state index contributed by atoms with van der Waals surface area (Å²) in [5.74, 6) is -4.29. The zero-order valence-corrected chi connectivity index (χ0v) is 19.5. The summed E-state index contributed by atoms with van der Waals surface area (Å²) >= 11 is 0. The van der Waals surface area contributed by atoms with Crippen molar-refractivity contribution in [1.29, 1.82) is 0 Å². The molecule has 0 amide bonds. The summed E-state index contributed by atoms with van der Waals surface area (Å²) in [5, 5.41) is 15.6. The molecule has 3 N–H and O–H groups in total. The molecule has 37 heavy (non-hydrogen) atoms. The van der Waals surface area contributed by atoms with E-state index >= 15 is 4.39 Å². The zero-order chi connectivity index (χ0) is 26.2. The fourth-order valence-corrected chi connectivity index (χ4v) is 4.20. The fourth-order valence-electron chi connectivity index (χ4n) is 4.20. The monoisotopic (exact) mass is 507 g/mol. The molecule has 4 atom stereocenters. The number of rotatable bonds is 6. The molecule has 2 aromatic carbocycles. The highest BCUT2D eigenvalue weighted by atomic mass is 19.1. The first-order valence-electron chi connectivity index (χ1n) is 11.2. The quantitative estimate of drug-likeness (QED) is 0.371. The molecule has 1 aliphatic rings. The molecule has 0 spiro atoms. The highest BCUT2D eigenvalue weighted by molar-refractivity contribution is 5.90. The molecule has 190 valence electrons. The van der Waals surface area contributed by atoms with E-state index in [1.807, 2.05) is 0 Å². The second-order valence-corrected chi connectivity index (χ2v) is 8.56. The minimum Gasteiger partial charge on any atom is -0.459 e. The molecule has 0 saturated carbocycles. The van der Waals surface area contributed by atoms with Gasteiger partial charge in [-0.1, -0.05) is 36.4 Å². The number of carbonyl (C=O) groups is 2. The third-order valence-corrected chi connectivity index (χ3v) is 6.17. The molecular weight excluding hydrogens is 485 g/mol. The number of nitrogens with zero attached hydrogens (tertiary/aromatic N) is 4. The van der Waals surface area contributed by atoms with Gasteiger partial charge in [-0.15, -0.1) is 0 Å². The first-order valence-corrected chi connectivity index (χ1v) is 11.2. The van der Waals surface area contributed by atoms with E-state index < -0.39 is 42.2 Å². The van der Waals surface area contributed by atoms with Gasteiger partial charge in [0.25, 0.3) is 5.79 Å². The summed E-state index contributed by atoms with van der Waals surface area (Å²) in [7, 11) is 0. The van der Waals surface area contributed by atoms with Gasteiger partial charge in [0.15, 0.2) is 17.6 Å². The van der Waals surface area contributed by atoms with Crippen molar-refractivity contribution in [2.45, 2.75) is 30.6 Å². The number of aliphatic hydroxyl groups is 1. The average Bonchev–Trinajstić information content (AvgIpc) is 3.43. The lowest BCUT2D eigenvalue weighted by Gasteiger charge is -2.32. The predicted molar refractivity (Wildman–Crippen MR) is 126 cm³/mol. The number of imidazole rings is 1. The summed E-state index contributed by atoms with van der Waals surface area (Å²) in [5.41, 5.74) is 3.32. The van der Waals surface area contributed by atoms with Gasteiger partial charge in [-0.05, 0) is 31.2 Å². The van der Waals surface area contributed by atoms with Gasteiger partial charge in [-0.2, -0.15) is 5.10 Å².